The minimum absolute atomic E-state index is 0.0851. The minimum Gasteiger partial charge on any atom is -0.480 e. The minimum atomic E-state index is -1.06. The highest BCUT2D eigenvalue weighted by Gasteiger charge is 2.32. The lowest BCUT2D eigenvalue weighted by atomic mass is 10.0. The molecule has 1 saturated heterocycles. The number of carboxylic acid groups (broad SMARTS) is 1. The van der Waals surface area contributed by atoms with Gasteiger partial charge < -0.3 is 10.0 Å². The molecule has 3 heterocycles. The zero-order valence-corrected chi connectivity index (χ0v) is 21.2. The largest absolute Gasteiger partial charge is 0.480 e. The van der Waals surface area contributed by atoms with Crippen molar-refractivity contribution in [3.63, 3.8) is 0 Å². The molecule has 4 N–H and O–H groups in total. The first-order valence-electron chi connectivity index (χ1n) is 12.6. The maximum atomic E-state index is 14.8. The van der Waals surface area contributed by atoms with E-state index in [1.165, 1.54) is 17.0 Å². The summed E-state index contributed by atoms with van der Waals surface area (Å²) >= 11 is 0. The molecule has 0 unspecified atom stereocenters. The van der Waals surface area contributed by atoms with Crippen molar-refractivity contribution in [2.75, 3.05) is 6.54 Å². The third-order valence-electron chi connectivity index (χ3n) is 6.77. The van der Waals surface area contributed by atoms with Crippen LogP contribution in [-0.2, 0) is 4.79 Å². The Morgan fingerprint density at radius 1 is 1.05 bits per heavy atom. The summed E-state index contributed by atoms with van der Waals surface area (Å²) in [6.07, 6.45) is 4.96. The van der Waals surface area contributed by atoms with E-state index in [4.69, 9.17) is 5.84 Å². The number of halogens is 1. The molecule has 9 nitrogen and oxygen atoms in total. The van der Waals surface area contributed by atoms with E-state index in [0.29, 0.717) is 47.1 Å². The summed E-state index contributed by atoms with van der Waals surface area (Å²) in [6.45, 7) is 0.322. The highest BCUT2D eigenvalue weighted by atomic mass is 19.1. The van der Waals surface area contributed by atoms with Crippen LogP contribution in [0.2, 0.25) is 0 Å². The van der Waals surface area contributed by atoms with E-state index in [1.54, 1.807) is 48.8 Å². The maximum absolute atomic E-state index is 14.8. The number of rotatable bonds is 4. The first kappa shape index (κ1) is 26.5. The first-order valence-corrected chi connectivity index (χ1v) is 12.6. The van der Waals surface area contributed by atoms with Crippen molar-refractivity contribution < 1.29 is 23.9 Å². The van der Waals surface area contributed by atoms with Crippen LogP contribution in [-0.4, -0.2) is 50.3 Å². The maximum Gasteiger partial charge on any atom is 0.326 e. The molecule has 40 heavy (non-hydrogen) atoms. The fraction of sp³-hybridized carbons (Fsp3) is 0.167. The lowest BCUT2D eigenvalue weighted by Gasteiger charge is -2.33. The van der Waals surface area contributed by atoms with Gasteiger partial charge in [-0.15, -0.1) is 0 Å². The normalized spacial score (nSPS) is 14.8. The Morgan fingerprint density at radius 3 is 2.58 bits per heavy atom. The predicted molar refractivity (Wildman–Crippen MR) is 145 cm³/mol. The van der Waals surface area contributed by atoms with Gasteiger partial charge in [-0.2, -0.15) is 0 Å². The SMILES string of the molecule is NNC(=O)c1cc(-c2ccc(C#Cc3ccc(C(=O)N4CCCC[C@H]4C(=O)O)cc3F)cc2)nc2ccncc12. The van der Waals surface area contributed by atoms with Crippen molar-refractivity contribution in [3.8, 4) is 23.1 Å². The van der Waals surface area contributed by atoms with Crippen molar-refractivity contribution in [1.82, 2.24) is 20.3 Å². The number of nitrogen functional groups attached to an aromatic ring is 1. The molecule has 1 aliphatic rings. The molecule has 200 valence electrons. The van der Waals surface area contributed by atoms with Gasteiger partial charge in [-0.1, -0.05) is 24.0 Å². The number of hydrogen-bond acceptors (Lipinski definition) is 6. The van der Waals surface area contributed by atoms with Crippen LogP contribution in [0.15, 0.2) is 67.0 Å². The summed E-state index contributed by atoms with van der Waals surface area (Å²) in [5, 5.41) is 10.0. The molecule has 0 spiro atoms. The number of fused-ring (bicyclic) bond motifs is 1. The standard InChI is InChI=1S/C30H24FN5O4/c31-24-15-21(29(38)36-14-2-1-3-27(36)30(39)40)11-10-19(24)7-4-18-5-8-20(9-6-18)26-16-22(28(37)35-32)23-17-33-13-12-25(23)34-26/h5-6,8-13,15-17,27H,1-3,14,32H2,(H,35,37)(H,39,40)/t27-/m0/s1. The first-order chi connectivity index (χ1) is 19.4. The third kappa shape index (κ3) is 5.36. The Kier molecular flexibility index (Phi) is 7.48. The molecule has 1 atom stereocenters. The lowest BCUT2D eigenvalue weighted by Crippen LogP contribution is -2.48. The highest BCUT2D eigenvalue weighted by Crippen LogP contribution is 2.25. The number of carboxylic acids is 1. The van der Waals surface area contributed by atoms with Crippen LogP contribution in [0.4, 0.5) is 4.39 Å². The number of hydrazine groups is 1. The predicted octanol–water partition coefficient (Wildman–Crippen LogP) is 3.52. The molecule has 5 rings (SSSR count). The molecule has 0 saturated carbocycles. The zero-order chi connectivity index (χ0) is 28.2. The van der Waals surface area contributed by atoms with Gasteiger partial charge in [0.2, 0.25) is 0 Å². The topological polar surface area (TPSA) is 139 Å². The number of nitrogens with two attached hydrogens (primary N) is 1. The van der Waals surface area contributed by atoms with Gasteiger partial charge in [-0.05, 0) is 61.7 Å². The lowest BCUT2D eigenvalue weighted by molar-refractivity contribution is -0.143. The van der Waals surface area contributed by atoms with Crippen molar-refractivity contribution in [2.24, 2.45) is 5.84 Å². The number of benzene rings is 2. The number of pyridine rings is 2. The Hall–Kier alpha value is -5.14. The van der Waals surface area contributed by atoms with Gasteiger partial charge in [0.15, 0.2) is 0 Å². The number of likely N-dealkylation sites (tertiary alicyclic amines) is 1. The van der Waals surface area contributed by atoms with E-state index < -0.39 is 29.6 Å². The second-order valence-electron chi connectivity index (χ2n) is 9.29. The number of nitrogens with zero attached hydrogens (tertiary/aromatic N) is 3. The average molecular weight is 538 g/mol. The van der Waals surface area contributed by atoms with Gasteiger partial charge in [-0.3, -0.25) is 20.0 Å². The van der Waals surface area contributed by atoms with Gasteiger partial charge in [0.05, 0.1) is 22.3 Å². The summed E-state index contributed by atoms with van der Waals surface area (Å²) in [5.41, 5.74) is 5.18. The monoisotopic (exact) mass is 537 g/mol. The molecular weight excluding hydrogens is 513 g/mol. The summed E-state index contributed by atoms with van der Waals surface area (Å²) in [7, 11) is 0. The number of nitrogens with one attached hydrogen (secondary N) is 1. The van der Waals surface area contributed by atoms with Crippen molar-refractivity contribution in [3.05, 3.63) is 95.1 Å². The molecule has 0 aliphatic carbocycles. The Balaban J connectivity index is 1.36. The molecule has 2 aromatic carbocycles. The van der Waals surface area contributed by atoms with Crippen LogP contribution < -0.4 is 11.3 Å². The second kappa shape index (κ2) is 11.3. The van der Waals surface area contributed by atoms with Gasteiger partial charge in [0.1, 0.15) is 11.9 Å². The highest BCUT2D eigenvalue weighted by molar-refractivity contribution is 6.06. The van der Waals surface area contributed by atoms with Crippen molar-refractivity contribution in [1.29, 1.82) is 0 Å². The number of piperidine rings is 1. The van der Waals surface area contributed by atoms with E-state index in [9.17, 15) is 23.9 Å². The smallest absolute Gasteiger partial charge is 0.326 e. The molecule has 1 fully saturated rings. The molecule has 1 aliphatic heterocycles. The van der Waals surface area contributed by atoms with Crippen LogP contribution >= 0.6 is 0 Å². The molecule has 4 aromatic rings. The molecule has 2 aromatic heterocycles. The van der Waals surface area contributed by atoms with E-state index in [1.807, 2.05) is 0 Å². The number of carbonyl (C=O) groups is 3. The van der Waals surface area contributed by atoms with Crippen LogP contribution in [0.3, 0.4) is 0 Å². The second-order valence-corrected chi connectivity index (χ2v) is 9.29. The summed E-state index contributed by atoms with van der Waals surface area (Å²) in [6, 6.07) is 13.5. The van der Waals surface area contributed by atoms with Gasteiger partial charge in [-0.25, -0.2) is 20.0 Å². The fourth-order valence-corrected chi connectivity index (χ4v) is 4.69. The fourth-order valence-electron chi connectivity index (χ4n) is 4.69. The van der Waals surface area contributed by atoms with E-state index in [-0.39, 0.29) is 11.1 Å². The third-order valence-corrected chi connectivity index (χ3v) is 6.77. The number of aromatic nitrogens is 2. The molecule has 10 heteroatoms. The van der Waals surface area contributed by atoms with E-state index in [2.05, 4.69) is 27.2 Å². The van der Waals surface area contributed by atoms with Gasteiger partial charge in [0.25, 0.3) is 11.8 Å². The van der Waals surface area contributed by atoms with E-state index in [0.717, 1.165) is 18.1 Å². The van der Waals surface area contributed by atoms with Crippen LogP contribution in [0.1, 0.15) is 51.1 Å². The number of amides is 2. The number of aliphatic carboxylic acids is 1. The molecule has 0 bridgehead atoms. The quantitative estimate of drug-likeness (QED) is 0.157. The number of hydrogen-bond donors (Lipinski definition) is 3. The Morgan fingerprint density at radius 2 is 1.85 bits per heavy atom. The van der Waals surface area contributed by atoms with Crippen LogP contribution in [0.25, 0.3) is 22.2 Å². The molecule has 2 amide bonds. The zero-order valence-electron chi connectivity index (χ0n) is 21.2. The van der Waals surface area contributed by atoms with Gasteiger partial charge >= 0.3 is 5.97 Å². The van der Waals surface area contributed by atoms with Crippen molar-refractivity contribution in [2.45, 2.75) is 25.3 Å². The summed E-state index contributed by atoms with van der Waals surface area (Å²) in [5.74, 6) is 8.35. The Bertz CT molecular complexity index is 1690. The molecule has 0 radical (unpaired) electrons. The van der Waals surface area contributed by atoms with Crippen LogP contribution in [0, 0.1) is 17.7 Å². The Labute approximate surface area is 228 Å². The summed E-state index contributed by atoms with van der Waals surface area (Å²) in [4.78, 5) is 46.7. The van der Waals surface area contributed by atoms with Gasteiger partial charge in [0, 0.05) is 41.0 Å². The molecular formula is C30H24FN5O4. The summed E-state index contributed by atoms with van der Waals surface area (Å²) < 4.78 is 14.8. The van der Waals surface area contributed by atoms with Crippen LogP contribution in [0.5, 0.6) is 0 Å². The van der Waals surface area contributed by atoms with E-state index >= 15 is 0 Å². The van der Waals surface area contributed by atoms with Crippen molar-refractivity contribution >= 4 is 28.7 Å². The number of carbonyl (C=O) groups excluding carboxylic acids is 2. The average Bonchev–Trinajstić information content (AvgIpc) is 2.99.